The summed E-state index contributed by atoms with van der Waals surface area (Å²) in [7, 11) is 1.52. The van der Waals surface area contributed by atoms with Crippen LogP contribution in [0.4, 0.5) is 0 Å². The number of likely N-dealkylation sites (tertiary alicyclic amines) is 1. The molecule has 29 heavy (non-hydrogen) atoms. The second-order valence-electron chi connectivity index (χ2n) is 6.62. The molecule has 150 valence electrons. The van der Waals surface area contributed by atoms with Crippen molar-refractivity contribution in [3.05, 3.63) is 59.4 Å². The van der Waals surface area contributed by atoms with Crippen LogP contribution in [0.15, 0.2) is 48.3 Å². The number of fused-ring (bicyclic) bond motifs is 1. The lowest BCUT2D eigenvalue weighted by atomic mass is 9.95. The maximum absolute atomic E-state index is 12.8. The molecule has 0 saturated carbocycles. The van der Waals surface area contributed by atoms with Gasteiger partial charge in [0.15, 0.2) is 11.5 Å². The van der Waals surface area contributed by atoms with Crippen LogP contribution in [0.3, 0.4) is 0 Å². The van der Waals surface area contributed by atoms with Crippen molar-refractivity contribution in [3.63, 3.8) is 0 Å². The Kier molecular flexibility index (Phi) is 5.18. The summed E-state index contributed by atoms with van der Waals surface area (Å²) in [5.41, 5.74) is 1.07. The number of aliphatic hydroxyl groups excluding tert-OH is 1. The van der Waals surface area contributed by atoms with Gasteiger partial charge in [-0.15, -0.1) is 0 Å². The maximum Gasteiger partial charge on any atom is 0.295 e. The van der Waals surface area contributed by atoms with Crippen LogP contribution >= 0.6 is 0 Å². The summed E-state index contributed by atoms with van der Waals surface area (Å²) < 4.78 is 16.3. The lowest BCUT2D eigenvalue weighted by Crippen LogP contribution is -2.32. The first-order valence-corrected chi connectivity index (χ1v) is 9.19. The Labute approximate surface area is 167 Å². The fraction of sp³-hybridized carbons (Fsp3) is 0.286. The van der Waals surface area contributed by atoms with E-state index in [1.807, 2.05) is 0 Å². The smallest absolute Gasteiger partial charge is 0.295 e. The summed E-state index contributed by atoms with van der Waals surface area (Å²) in [5, 5.41) is 10.9. The molecule has 4 rings (SSSR count). The minimum atomic E-state index is -0.769. The van der Waals surface area contributed by atoms with Gasteiger partial charge in [-0.05, 0) is 29.8 Å². The summed E-state index contributed by atoms with van der Waals surface area (Å²) >= 11 is 0. The Morgan fingerprint density at radius 3 is 2.62 bits per heavy atom. The van der Waals surface area contributed by atoms with Crippen molar-refractivity contribution >= 4 is 17.4 Å². The molecule has 1 aromatic carbocycles. The number of amides is 1. The molecule has 2 aliphatic heterocycles. The van der Waals surface area contributed by atoms with Crippen molar-refractivity contribution in [1.29, 1.82) is 0 Å². The Morgan fingerprint density at radius 2 is 1.90 bits per heavy atom. The van der Waals surface area contributed by atoms with E-state index in [1.54, 1.807) is 30.3 Å². The first-order valence-electron chi connectivity index (χ1n) is 9.19. The fourth-order valence-electron chi connectivity index (χ4n) is 3.54. The van der Waals surface area contributed by atoms with Crippen LogP contribution in [-0.2, 0) is 14.3 Å². The molecule has 0 spiro atoms. The van der Waals surface area contributed by atoms with Gasteiger partial charge in [-0.2, -0.15) is 0 Å². The van der Waals surface area contributed by atoms with Crippen molar-refractivity contribution in [1.82, 2.24) is 9.88 Å². The van der Waals surface area contributed by atoms with Gasteiger partial charge in [-0.3, -0.25) is 14.6 Å². The van der Waals surface area contributed by atoms with Crippen LogP contribution in [0.1, 0.15) is 17.2 Å². The van der Waals surface area contributed by atoms with E-state index in [0.717, 1.165) is 0 Å². The van der Waals surface area contributed by atoms with Gasteiger partial charge in [-0.1, -0.05) is 6.07 Å². The van der Waals surface area contributed by atoms with E-state index in [0.29, 0.717) is 35.8 Å². The predicted octanol–water partition coefficient (Wildman–Crippen LogP) is 1.92. The molecule has 8 heteroatoms. The topological polar surface area (TPSA) is 98.2 Å². The zero-order chi connectivity index (χ0) is 20.4. The Bertz CT molecular complexity index is 972. The van der Waals surface area contributed by atoms with E-state index in [1.165, 1.54) is 24.4 Å². The number of Topliss-reactive ketones (excluding diaryl/α,β-unsaturated/α-hetero) is 1. The van der Waals surface area contributed by atoms with Crippen molar-refractivity contribution in [2.45, 2.75) is 6.04 Å². The molecule has 0 radical (unpaired) electrons. The van der Waals surface area contributed by atoms with Gasteiger partial charge >= 0.3 is 0 Å². The molecule has 0 aliphatic carbocycles. The maximum atomic E-state index is 12.8. The van der Waals surface area contributed by atoms with Crippen molar-refractivity contribution in [2.24, 2.45) is 0 Å². The van der Waals surface area contributed by atoms with Crippen LogP contribution < -0.4 is 9.47 Å². The van der Waals surface area contributed by atoms with Crippen molar-refractivity contribution in [3.8, 4) is 11.5 Å². The highest BCUT2D eigenvalue weighted by Gasteiger charge is 2.46. The molecular weight excluding hydrogens is 376 g/mol. The third kappa shape index (κ3) is 3.42. The van der Waals surface area contributed by atoms with E-state index in [4.69, 9.17) is 14.2 Å². The van der Waals surface area contributed by atoms with Gasteiger partial charge < -0.3 is 24.2 Å². The average Bonchev–Trinajstić information content (AvgIpc) is 3.02. The Balaban J connectivity index is 1.84. The van der Waals surface area contributed by atoms with Crippen LogP contribution in [0.2, 0.25) is 0 Å². The number of carbonyl (C=O) groups is 2. The number of rotatable bonds is 5. The molecule has 1 atom stereocenters. The third-order valence-corrected chi connectivity index (χ3v) is 4.91. The van der Waals surface area contributed by atoms with E-state index >= 15 is 0 Å². The van der Waals surface area contributed by atoms with Gasteiger partial charge in [0.1, 0.15) is 19.0 Å². The zero-order valence-electron chi connectivity index (χ0n) is 15.8. The average molecular weight is 396 g/mol. The lowest BCUT2D eigenvalue weighted by molar-refractivity contribution is -0.140. The number of nitrogens with zero attached hydrogens (tertiary/aromatic N) is 2. The number of hydrogen-bond donors (Lipinski definition) is 1. The van der Waals surface area contributed by atoms with Crippen LogP contribution in [0.5, 0.6) is 11.5 Å². The highest BCUT2D eigenvalue weighted by molar-refractivity contribution is 6.46. The Morgan fingerprint density at radius 1 is 1.17 bits per heavy atom. The summed E-state index contributed by atoms with van der Waals surface area (Å²) in [5.74, 6) is -0.531. The molecule has 1 amide bonds. The monoisotopic (exact) mass is 396 g/mol. The first kappa shape index (κ1) is 18.9. The largest absolute Gasteiger partial charge is 0.507 e. The van der Waals surface area contributed by atoms with Crippen LogP contribution in [0, 0.1) is 0 Å². The van der Waals surface area contributed by atoms with Crippen LogP contribution in [-0.4, -0.2) is 60.2 Å². The SMILES string of the molecule is COCCN1C(=O)C(=O)/C(=C(\O)c2ccncc2)C1c1ccc2c(c1)OCCO2. The molecule has 1 saturated heterocycles. The standard InChI is InChI=1S/C21H20N2O6/c1-27-9-8-23-18(14-2-3-15-16(12-14)29-11-10-28-15)17(20(25)21(23)26)19(24)13-4-6-22-7-5-13/h2-7,12,18,24H,8-11H2,1H3/b19-17-. The number of carbonyl (C=O) groups excluding carboxylic acids is 2. The second-order valence-corrected chi connectivity index (χ2v) is 6.62. The molecule has 1 N–H and O–H groups in total. The summed E-state index contributed by atoms with van der Waals surface area (Å²) in [4.78, 5) is 30.9. The second kappa shape index (κ2) is 7.92. The number of ketones is 1. The lowest BCUT2D eigenvalue weighted by Gasteiger charge is -2.26. The van der Waals surface area contributed by atoms with Gasteiger partial charge in [0.25, 0.3) is 11.7 Å². The fourth-order valence-corrected chi connectivity index (χ4v) is 3.54. The molecule has 8 nitrogen and oxygen atoms in total. The van der Waals surface area contributed by atoms with Gasteiger partial charge in [-0.25, -0.2) is 0 Å². The quantitative estimate of drug-likeness (QED) is 0.468. The molecule has 1 unspecified atom stereocenters. The summed E-state index contributed by atoms with van der Waals surface area (Å²) in [6.07, 6.45) is 3.02. The van der Waals surface area contributed by atoms with Gasteiger partial charge in [0, 0.05) is 31.6 Å². The number of aliphatic hydroxyl groups is 1. The van der Waals surface area contributed by atoms with E-state index < -0.39 is 17.7 Å². The number of aromatic nitrogens is 1. The molecule has 0 bridgehead atoms. The first-order chi connectivity index (χ1) is 14.1. The number of pyridine rings is 1. The summed E-state index contributed by atoms with van der Waals surface area (Å²) in [6, 6.07) is 7.65. The summed E-state index contributed by atoms with van der Waals surface area (Å²) in [6.45, 7) is 1.33. The van der Waals surface area contributed by atoms with E-state index in [9.17, 15) is 14.7 Å². The molecule has 2 aromatic rings. The Hall–Kier alpha value is -3.39. The predicted molar refractivity (Wildman–Crippen MR) is 103 cm³/mol. The van der Waals surface area contributed by atoms with Crippen LogP contribution in [0.25, 0.3) is 5.76 Å². The van der Waals surface area contributed by atoms with E-state index in [2.05, 4.69) is 4.98 Å². The molecule has 1 fully saturated rings. The number of benzene rings is 1. The number of methoxy groups -OCH3 is 1. The van der Waals surface area contributed by atoms with Crippen molar-refractivity contribution < 1.29 is 28.9 Å². The number of hydrogen-bond acceptors (Lipinski definition) is 7. The molecular formula is C21H20N2O6. The van der Waals surface area contributed by atoms with Crippen molar-refractivity contribution in [2.75, 3.05) is 33.5 Å². The highest BCUT2D eigenvalue weighted by Crippen LogP contribution is 2.42. The highest BCUT2D eigenvalue weighted by atomic mass is 16.6. The minimum absolute atomic E-state index is 0.0222. The van der Waals surface area contributed by atoms with E-state index in [-0.39, 0.29) is 24.5 Å². The molecule has 1 aromatic heterocycles. The minimum Gasteiger partial charge on any atom is -0.507 e. The normalized spacial score (nSPS) is 20.2. The molecule has 2 aliphatic rings. The third-order valence-electron chi connectivity index (χ3n) is 4.91. The zero-order valence-corrected chi connectivity index (χ0v) is 15.8. The number of ether oxygens (including phenoxy) is 3. The van der Waals surface area contributed by atoms with Gasteiger partial charge in [0.05, 0.1) is 18.2 Å². The molecule has 3 heterocycles. The van der Waals surface area contributed by atoms with Gasteiger partial charge in [0.2, 0.25) is 0 Å².